The standard InChI is InChI=1S/C15H28N4/c1-15(2,3)14-12(11-18(4)17-14)13(10-16)19-8-6-5-7-9-19/h11,13H,5-10,16H2,1-4H3. The molecule has 0 saturated carbocycles. The second-order valence-electron chi connectivity index (χ2n) is 6.70. The molecule has 1 aliphatic heterocycles. The maximum absolute atomic E-state index is 6.08. The molecule has 1 atom stereocenters. The molecule has 1 unspecified atom stereocenters. The third-order valence-corrected chi connectivity index (χ3v) is 3.98. The first kappa shape index (κ1) is 14.5. The highest BCUT2D eigenvalue weighted by molar-refractivity contribution is 5.28. The van der Waals surface area contributed by atoms with Gasteiger partial charge >= 0.3 is 0 Å². The Hall–Kier alpha value is -0.870. The van der Waals surface area contributed by atoms with Gasteiger partial charge in [-0.15, -0.1) is 0 Å². The molecular formula is C15H28N4. The van der Waals surface area contributed by atoms with Gasteiger partial charge in [-0.1, -0.05) is 27.2 Å². The van der Waals surface area contributed by atoms with Crippen LogP contribution in [0.4, 0.5) is 0 Å². The van der Waals surface area contributed by atoms with Crippen molar-refractivity contribution in [2.24, 2.45) is 12.8 Å². The molecular weight excluding hydrogens is 236 g/mol. The quantitative estimate of drug-likeness (QED) is 0.910. The van der Waals surface area contributed by atoms with E-state index in [4.69, 9.17) is 5.73 Å². The lowest BCUT2D eigenvalue weighted by molar-refractivity contribution is 0.166. The lowest BCUT2D eigenvalue weighted by Crippen LogP contribution is -2.38. The largest absolute Gasteiger partial charge is 0.329 e. The summed E-state index contributed by atoms with van der Waals surface area (Å²) >= 11 is 0. The summed E-state index contributed by atoms with van der Waals surface area (Å²) in [5.74, 6) is 0. The van der Waals surface area contributed by atoms with Crippen LogP contribution in [-0.2, 0) is 12.5 Å². The number of nitrogens with zero attached hydrogens (tertiary/aromatic N) is 3. The first-order valence-electron chi connectivity index (χ1n) is 7.41. The smallest absolute Gasteiger partial charge is 0.0726 e. The van der Waals surface area contributed by atoms with E-state index in [1.54, 1.807) is 0 Å². The maximum Gasteiger partial charge on any atom is 0.0726 e. The molecule has 1 aromatic rings. The Morgan fingerprint density at radius 1 is 1.26 bits per heavy atom. The third kappa shape index (κ3) is 3.18. The number of aromatic nitrogens is 2. The first-order valence-corrected chi connectivity index (χ1v) is 7.41. The van der Waals surface area contributed by atoms with Gasteiger partial charge in [0.05, 0.1) is 11.7 Å². The van der Waals surface area contributed by atoms with Crippen molar-refractivity contribution >= 4 is 0 Å². The molecule has 2 rings (SSSR count). The van der Waals surface area contributed by atoms with Crippen LogP contribution >= 0.6 is 0 Å². The molecule has 108 valence electrons. The van der Waals surface area contributed by atoms with Crippen molar-refractivity contribution in [1.82, 2.24) is 14.7 Å². The summed E-state index contributed by atoms with van der Waals surface area (Å²) < 4.78 is 1.93. The Kier molecular flexibility index (Phi) is 4.31. The van der Waals surface area contributed by atoms with Crippen LogP contribution in [0, 0.1) is 0 Å². The molecule has 4 heteroatoms. The Balaban J connectivity index is 2.32. The highest BCUT2D eigenvalue weighted by Gasteiger charge is 2.29. The lowest BCUT2D eigenvalue weighted by atomic mass is 9.87. The average molecular weight is 264 g/mol. The molecule has 0 spiro atoms. The van der Waals surface area contributed by atoms with Crippen molar-refractivity contribution in [1.29, 1.82) is 0 Å². The topological polar surface area (TPSA) is 47.1 Å². The molecule has 0 bridgehead atoms. The van der Waals surface area contributed by atoms with Gasteiger partial charge in [-0.05, 0) is 25.9 Å². The van der Waals surface area contributed by atoms with Crippen molar-refractivity contribution in [3.8, 4) is 0 Å². The van der Waals surface area contributed by atoms with Crippen LogP contribution in [0.2, 0.25) is 0 Å². The third-order valence-electron chi connectivity index (χ3n) is 3.98. The SMILES string of the molecule is Cn1cc(C(CN)N2CCCCC2)c(C(C)(C)C)n1. The molecule has 0 amide bonds. The normalized spacial score (nSPS) is 19.6. The summed E-state index contributed by atoms with van der Waals surface area (Å²) in [6.07, 6.45) is 6.10. The van der Waals surface area contributed by atoms with Crippen LogP contribution in [-0.4, -0.2) is 34.3 Å². The van der Waals surface area contributed by atoms with Gasteiger partial charge in [0.25, 0.3) is 0 Å². The van der Waals surface area contributed by atoms with Gasteiger partial charge < -0.3 is 5.73 Å². The number of piperidine rings is 1. The van der Waals surface area contributed by atoms with Gasteiger partial charge in [0.1, 0.15) is 0 Å². The summed E-state index contributed by atoms with van der Waals surface area (Å²) in [5.41, 5.74) is 8.66. The summed E-state index contributed by atoms with van der Waals surface area (Å²) in [6.45, 7) is 9.68. The Morgan fingerprint density at radius 3 is 2.42 bits per heavy atom. The second kappa shape index (κ2) is 5.63. The van der Waals surface area contributed by atoms with Gasteiger partial charge in [0.2, 0.25) is 0 Å². The van der Waals surface area contributed by atoms with Crippen LogP contribution in [0.25, 0.3) is 0 Å². The zero-order valence-electron chi connectivity index (χ0n) is 12.8. The molecule has 1 aliphatic rings. The van der Waals surface area contributed by atoms with Gasteiger partial charge in [-0.25, -0.2) is 0 Å². The van der Waals surface area contributed by atoms with Crippen LogP contribution in [0.5, 0.6) is 0 Å². The summed E-state index contributed by atoms with van der Waals surface area (Å²) in [6, 6.07) is 0.322. The summed E-state index contributed by atoms with van der Waals surface area (Å²) in [4.78, 5) is 2.54. The lowest BCUT2D eigenvalue weighted by Gasteiger charge is -2.35. The molecule has 4 nitrogen and oxygen atoms in total. The zero-order chi connectivity index (χ0) is 14.0. The molecule has 19 heavy (non-hydrogen) atoms. The van der Waals surface area contributed by atoms with Crippen LogP contribution in [0.3, 0.4) is 0 Å². The number of rotatable bonds is 3. The summed E-state index contributed by atoms with van der Waals surface area (Å²) in [7, 11) is 2.00. The Bertz CT molecular complexity index is 410. The monoisotopic (exact) mass is 264 g/mol. The second-order valence-corrected chi connectivity index (χ2v) is 6.70. The Morgan fingerprint density at radius 2 is 1.89 bits per heavy atom. The molecule has 1 saturated heterocycles. The maximum atomic E-state index is 6.08. The number of nitrogens with two attached hydrogens (primary N) is 1. The van der Waals surface area contributed by atoms with E-state index in [0.29, 0.717) is 12.6 Å². The van der Waals surface area contributed by atoms with E-state index < -0.39 is 0 Å². The zero-order valence-corrected chi connectivity index (χ0v) is 12.8. The molecule has 2 heterocycles. The van der Waals surface area contributed by atoms with E-state index in [1.807, 2.05) is 11.7 Å². The van der Waals surface area contributed by atoms with Gasteiger partial charge in [0.15, 0.2) is 0 Å². The fourth-order valence-corrected chi connectivity index (χ4v) is 3.04. The molecule has 0 aromatic carbocycles. The highest BCUT2D eigenvalue weighted by atomic mass is 15.3. The molecule has 2 N–H and O–H groups in total. The average Bonchev–Trinajstić information content (AvgIpc) is 2.73. The van der Waals surface area contributed by atoms with Gasteiger partial charge in [-0.2, -0.15) is 5.10 Å². The first-order chi connectivity index (χ1) is 8.93. The van der Waals surface area contributed by atoms with E-state index in [2.05, 4.69) is 37.0 Å². The molecule has 1 aromatic heterocycles. The molecule has 1 fully saturated rings. The minimum Gasteiger partial charge on any atom is -0.329 e. The Labute approximate surface area is 117 Å². The number of likely N-dealkylation sites (tertiary alicyclic amines) is 1. The van der Waals surface area contributed by atoms with E-state index in [9.17, 15) is 0 Å². The predicted molar refractivity (Wildman–Crippen MR) is 79.1 cm³/mol. The van der Waals surface area contributed by atoms with Gasteiger partial charge in [-0.3, -0.25) is 9.58 Å². The molecule has 0 aliphatic carbocycles. The number of hydrogen-bond donors (Lipinski definition) is 1. The van der Waals surface area contributed by atoms with Crippen LogP contribution < -0.4 is 5.73 Å². The van der Waals surface area contributed by atoms with Crippen LogP contribution in [0.15, 0.2) is 6.20 Å². The van der Waals surface area contributed by atoms with Crippen molar-refractivity contribution in [3.05, 3.63) is 17.5 Å². The molecule has 0 radical (unpaired) electrons. The fraction of sp³-hybridized carbons (Fsp3) is 0.800. The van der Waals surface area contributed by atoms with Crippen molar-refractivity contribution in [2.45, 2.75) is 51.5 Å². The number of hydrogen-bond acceptors (Lipinski definition) is 3. The minimum absolute atomic E-state index is 0.0692. The highest BCUT2D eigenvalue weighted by Crippen LogP contribution is 2.32. The van der Waals surface area contributed by atoms with Gasteiger partial charge in [0, 0.05) is 30.8 Å². The van der Waals surface area contributed by atoms with E-state index in [1.165, 1.54) is 43.6 Å². The van der Waals surface area contributed by atoms with E-state index in [0.717, 1.165) is 0 Å². The van der Waals surface area contributed by atoms with E-state index in [-0.39, 0.29) is 5.41 Å². The van der Waals surface area contributed by atoms with Crippen LogP contribution in [0.1, 0.15) is 57.3 Å². The predicted octanol–water partition coefficient (Wildman–Crippen LogP) is 2.20. The minimum atomic E-state index is 0.0692. The fourth-order valence-electron chi connectivity index (χ4n) is 3.04. The van der Waals surface area contributed by atoms with Crippen molar-refractivity contribution in [2.75, 3.05) is 19.6 Å². The number of aryl methyl sites for hydroxylation is 1. The van der Waals surface area contributed by atoms with Crippen molar-refractivity contribution < 1.29 is 0 Å². The van der Waals surface area contributed by atoms with E-state index >= 15 is 0 Å². The van der Waals surface area contributed by atoms with Crippen molar-refractivity contribution in [3.63, 3.8) is 0 Å². The summed E-state index contributed by atoms with van der Waals surface area (Å²) in [5, 5.41) is 4.68.